The van der Waals surface area contributed by atoms with Crippen LogP contribution >= 0.6 is 0 Å². The zero-order valence-electron chi connectivity index (χ0n) is 7.61. The minimum atomic E-state index is 0.602. The minimum absolute atomic E-state index is 0.602. The number of nitriles is 1. The van der Waals surface area contributed by atoms with Crippen molar-refractivity contribution in [2.24, 2.45) is 5.73 Å². The standard InChI is InChI=1S/C9H14N4/c10-4-1-2-6-13-7-9(3-5-11)12-8-13/h7-8H,1-3,5-6,11H2. The molecule has 0 spiro atoms. The van der Waals surface area contributed by atoms with Crippen LogP contribution in [-0.2, 0) is 13.0 Å². The van der Waals surface area contributed by atoms with Gasteiger partial charge in [0.15, 0.2) is 0 Å². The lowest BCUT2D eigenvalue weighted by Gasteiger charge is -1.96. The SMILES string of the molecule is N#CCCCn1cnc(CCN)c1. The summed E-state index contributed by atoms with van der Waals surface area (Å²) in [6.45, 7) is 1.50. The van der Waals surface area contributed by atoms with Crippen molar-refractivity contribution in [1.82, 2.24) is 9.55 Å². The molecule has 0 aliphatic heterocycles. The first-order valence-electron chi connectivity index (χ1n) is 4.44. The van der Waals surface area contributed by atoms with Crippen molar-refractivity contribution in [2.75, 3.05) is 6.54 Å². The van der Waals surface area contributed by atoms with Crippen LogP contribution < -0.4 is 5.73 Å². The second-order valence-corrected chi connectivity index (χ2v) is 2.90. The quantitative estimate of drug-likeness (QED) is 0.674. The fourth-order valence-corrected chi connectivity index (χ4v) is 1.15. The van der Waals surface area contributed by atoms with E-state index < -0.39 is 0 Å². The Morgan fingerprint density at radius 2 is 2.46 bits per heavy atom. The molecule has 0 amide bonds. The molecule has 0 aliphatic carbocycles. The second-order valence-electron chi connectivity index (χ2n) is 2.90. The number of rotatable bonds is 5. The van der Waals surface area contributed by atoms with Crippen LogP contribution in [0.3, 0.4) is 0 Å². The summed E-state index contributed by atoms with van der Waals surface area (Å²) in [6.07, 6.45) is 6.09. The summed E-state index contributed by atoms with van der Waals surface area (Å²) < 4.78 is 2.00. The maximum Gasteiger partial charge on any atom is 0.0949 e. The van der Waals surface area contributed by atoms with Gasteiger partial charge in [-0.3, -0.25) is 0 Å². The zero-order valence-corrected chi connectivity index (χ0v) is 7.61. The first kappa shape index (κ1) is 9.75. The highest BCUT2D eigenvalue weighted by Gasteiger charge is 1.96. The topological polar surface area (TPSA) is 67.6 Å². The number of nitrogens with zero attached hydrogens (tertiary/aromatic N) is 3. The molecule has 1 rings (SSSR count). The molecule has 0 unspecified atom stereocenters. The van der Waals surface area contributed by atoms with Gasteiger partial charge in [0.25, 0.3) is 0 Å². The van der Waals surface area contributed by atoms with Crippen LogP contribution in [0.1, 0.15) is 18.5 Å². The van der Waals surface area contributed by atoms with Crippen molar-refractivity contribution in [3.63, 3.8) is 0 Å². The molecule has 4 heteroatoms. The molecule has 1 aromatic rings. The van der Waals surface area contributed by atoms with Gasteiger partial charge >= 0.3 is 0 Å². The molecule has 13 heavy (non-hydrogen) atoms. The van der Waals surface area contributed by atoms with Crippen molar-refractivity contribution in [3.8, 4) is 6.07 Å². The van der Waals surface area contributed by atoms with Gasteiger partial charge in [0.1, 0.15) is 0 Å². The van der Waals surface area contributed by atoms with E-state index in [1.807, 2.05) is 10.8 Å². The van der Waals surface area contributed by atoms with E-state index in [1.54, 1.807) is 6.33 Å². The van der Waals surface area contributed by atoms with Gasteiger partial charge in [-0.15, -0.1) is 0 Å². The fraction of sp³-hybridized carbons (Fsp3) is 0.556. The Hall–Kier alpha value is -1.34. The maximum atomic E-state index is 8.34. The van der Waals surface area contributed by atoms with Crippen LogP contribution in [0.15, 0.2) is 12.5 Å². The lowest BCUT2D eigenvalue weighted by molar-refractivity contribution is 0.652. The molecule has 0 atom stereocenters. The zero-order chi connectivity index (χ0) is 9.52. The molecule has 1 aromatic heterocycles. The predicted octanol–water partition coefficient (Wildman–Crippen LogP) is 0.688. The Morgan fingerprint density at radius 1 is 1.62 bits per heavy atom. The van der Waals surface area contributed by atoms with E-state index in [-0.39, 0.29) is 0 Å². The molecule has 0 aromatic carbocycles. The number of hydrogen-bond donors (Lipinski definition) is 1. The molecule has 70 valence electrons. The first-order chi connectivity index (χ1) is 6.36. The Bertz CT molecular complexity index is 284. The molecule has 0 saturated carbocycles. The van der Waals surface area contributed by atoms with Crippen LogP contribution in [0.2, 0.25) is 0 Å². The summed E-state index contributed by atoms with van der Waals surface area (Å²) in [7, 11) is 0. The summed E-state index contributed by atoms with van der Waals surface area (Å²) in [6, 6.07) is 2.12. The second kappa shape index (κ2) is 5.33. The third-order valence-electron chi connectivity index (χ3n) is 1.79. The van der Waals surface area contributed by atoms with Crippen molar-refractivity contribution < 1.29 is 0 Å². The molecule has 0 aliphatic rings. The van der Waals surface area contributed by atoms with Gasteiger partial charge in [-0.1, -0.05) is 0 Å². The van der Waals surface area contributed by atoms with Gasteiger partial charge in [-0.25, -0.2) is 4.98 Å². The van der Waals surface area contributed by atoms with E-state index in [0.717, 1.165) is 25.1 Å². The van der Waals surface area contributed by atoms with E-state index in [9.17, 15) is 0 Å². The highest BCUT2D eigenvalue weighted by atomic mass is 15.0. The van der Waals surface area contributed by atoms with Gasteiger partial charge in [0, 0.05) is 25.6 Å². The fourth-order valence-electron chi connectivity index (χ4n) is 1.15. The molecule has 0 bridgehead atoms. The van der Waals surface area contributed by atoms with Crippen molar-refractivity contribution >= 4 is 0 Å². The predicted molar refractivity (Wildman–Crippen MR) is 49.8 cm³/mol. The third-order valence-corrected chi connectivity index (χ3v) is 1.79. The van der Waals surface area contributed by atoms with Crippen LogP contribution in [-0.4, -0.2) is 16.1 Å². The van der Waals surface area contributed by atoms with Crippen LogP contribution in [0.5, 0.6) is 0 Å². The smallest absolute Gasteiger partial charge is 0.0949 e. The molecule has 2 N–H and O–H groups in total. The summed E-state index contributed by atoms with van der Waals surface area (Å²) in [5.74, 6) is 0. The molecule has 4 nitrogen and oxygen atoms in total. The van der Waals surface area contributed by atoms with Gasteiger partial charge in [0.2, 0.25) is 0 Å². The van der Waals surface area contributed by atoms with E-state index in [2.05, 4.69) is 11.1 Å². The number of hydrogen-bond acceptors (Lipinski definition) is 3. The average Bonchev–Trinajstić information content (AvgIpc) is 2.54. The number of aromatic nitrogens is 2. The molecule has 1 heterocycles. The highest BCUT2D eigenvalue weighted by molar-refractivity contribution is 4.97. The van der Waals surface area contributed by atoms with Crippen LogP contribution in [0, 0.1) is 11.3 Å². The molecule has 0 saturated heterocycles. The van der Waals surface area contributed by atoms with Gasteiger partial charge in [0.05, 0.1) is 18.1 Å². The molecule has 0 radical (unpaired) electrons. The monoisotopic (exact) mass is 178 g/mol. The summed E-state index contributed by atoms with van der Waals surface area (Å²) in [5, 5.41) is 8.34. The molecular formula is C9H14N4. The number of imidazole rings is 1. The normalized spacial score (nSPS) is 9.85. The minimum Gasteiger partial charge on any atom is -0.337 e. The van der Waals surface area contributed by atoms with E-state index >= 15 is 0 Å². The Balaban J connectivity index is 2.36. The summed E-state index contributed by atoms with van der Waals surface area (Å²) in [4.78, 5) is 4.18. The Labute approximate surface area is 78.0 Å². The van der Waals surface area contributed by atoms with Gasteiger partial charge in [-0.05, 0) is 13.0 Å². The average molecular weight is 178 g/mol. The van der Waals surface area contributed by atoms with E-state index in [0.29, 0.717) is 13.0 Å². The third kappa shape index (κ3) is 3.26. The Kier molecular flexibility index (Phi) is 4.00. The van der Waals surface area contributed by atoms with Crippen molar-refractivity contribution in [3.05, 3.63) is 18.2 Å². The van der Waals surface area contributed by atoms with Gasteiger partial charge in [-0.2, -0.15) is 5.26 Å². The van der Waals surface area contributed by atoms with Crippen LogP contribution in [0.4, 0.5) is 0 Å². The lowest BCUT2D eigenvalue weighted by Crippen LogP contribution is -2.02. The lowest BCUT2D eigenvalue weighted by atomic mass is 10.3. The first-order valence-corrected chi connectivity index (χ1v) is 4.44. The van der Waals surface area contributed by atoms with Crippen LogP contribution in [0.25, 0.3) is 0 Å². The summed E-state index contributed by atoms with van der Waals surface area (Å²) in [5.41, 5.74) is 6.43. The highest BCUT2D eigenvalue weighted by Crippen LogP contribution is 1.99. The molecule has 0 fully saturated rings. The van der Waals surface area contributed by atoms with E-state index in [4.69, 9.17) is 11.0 Å². The van der Waals surface area contributed by atoms with E-state index in [1.165, 1.54) is 0 Å². The maximum absolute atomic E-state index is 8.34. The molecular weight excluding hydrogens is 164 g/mol. The number of unbranched alkanes of at least 4 members (excludes halogenated alkanes) is 1. The Morgan fingerprint density at radius 3 is 3.15 bits per heavy atom. The largest absolute Gasteiger partial charge is 0.337 e. The van der Waals surface area contributed by atoms with Crippen molar-refractivity contribution in [1.29, 1.82) is 5.26 Å². The number of nitrogens with two attached hydrogens (primary N) is 1. The summed E-state index contributed by atoms with van der Waals surface area (Å²) >= 11 is 0. The van der Waals surface area contributed by atoms with Crippen molar-refractivity contribution in [2.45, 2.75) is 25.8 Å². The van der Waals surface area contributed by atoms with Gasteiger partial charge < -0.3 is 10.3 Å². The number of aryl methyl sites for hydroxylation is 1.